The fraction of sp³-hybridized carbons (Fsp3) is 0.917. The normalized spacial score (nSPS) is 36.1. The van der Waals surface area contributed by atoms with Gasteiger partial charge in [-0.15, -0.1) is 0 Å². The maximum atomic E-state index is 12.3. The van der Waals surface area contributed by atoms with Gasteiger partial charge in [0.2, 0.25) is 5.91 Å². The van der Waals surface area contributed by atoms with Gasteiger partial charge in [0, 0.05) is 19.6 Å². The summed E-state index contributed by atoms with van der Waals surface area (Å²) in [6.45, 7) is 8.15. The Morgan fingerprint density at radius 2 is 2.40 bits per heavy atom. The molecule has 0 aromatic carbocycles. The minimum absolute atomic E-state index is 0.122. The van der Waals surface area contributed by atoms with E-state index in [1.165, 1.54) is 12.8 Å². The number of amides is 1. The second-order valence-electron chi connectivity index (χ2n) is 5.30. The lowest BCUT2D eigenvalue weighted by Crippen LogP contribution is -2.42. The number of nitrogens with zero attached hydrogens (tertiary/aromatic N) is 1. The lowest BCUT2D eigenvalue weighted by atomic mass is 9.88. The van der Waals surface area contributed by atoms with Crippen LogP contribution in [0.5, 0.6) is 0 Å². The Hall–Kier alpha value is -0.570. The number of nitrogens with one attached hydrogen (secondary N) is 1. The van der Waals surface area contributed by atoms with E-state index in [4.69, 9.17) is 0 Å². The summed E-state index contributed by atoms with van der Waals surface area (Å²) in [5.41, 5.74) is -0.122. The predicted molar refractivity (Wildman–Crippen MR) is 60.6 cm³/mol. The zero-order chi connectivity index (χ0) is 10.9. The van der Waals surface area contributed by atoms with Crippen molar-refractivity contribution in [1.82, 2.24) is 10.2 Å². The van der Waals surface area contributed by atoms with Crippen molar-refractivity contribution in [1.29, 1.82) is 0 Å². The van der Waals surface area contributed by atoms with Crippen LogP contribution in [-0.2, 0) is 4.79 Å². The van der Waals surface area contributed by atoms with E-state index in [0.717, 1.165) is 38.5 Å². The number of likely N-dealkylation sites (tertiary alicyclic amines) is 1. The molecule has 3 heteroatoms. The summed E-state index contributed by atoms with van der Waals surface area (Å²) in [5.74, 6) is 1.12. The summed E-state index contributed by atoms with van der Waals surface area (Å²) in [7, 11) is 0. The fourth-order valence-electron chi connectivity index (χ4n) is 2.73. The van der Waals surface area contributed by atoms with Crippen LogP contribution in [-0.4, -0.2) is 37.0 Å². The summed E-state index contributed by atoms with van der Waals surface area (Å²) in [5, 5.41) is 3.29. The molecular weight excluding hydrogens is 188 g/mol. The van der Waals surface area contributed by atoms with Crippen LogP contribution in [0.4, 0.5) is 0 Å². The third kappa shape index (κ3) is 2.03. The van der Waals surface area contributed by atoms with E-state index < -0.39 is 0 Å². The van der Waals surface area contributed by atoms with Gasteiger partial charge in [-0.2, -0.15) is 0 Å². The Labute approximate surface area is 92.2 Å². The number of rotatable bonds is 2. The molecule has 2 unspecified atom stereocenters. The van der Waals surface area contributed by atoms with E-state index in [9.17, 15) is 4.79 Å². The summed E-state index contributed by atoms with van der Waals surface area (Å²) in [6, 6.07) is 0. The van der Waals surface area contributed by atoms with Crippen LogP contribution in [0.1, 0.15) is 33.1 Å². The number of hydrogen-bond donors (Lipinski definition) is 1. The van der Waals surface area contributed by atoms with Crippen molar-refractivity contribution in [2.45, 2.75) is 33.1 Å². The molecule has 2 fully saturated rings. The molecule has 0 radical (unpaired) electrons. The molecule has 3 nitrogen and oxygen atoms in total. The Kier molecular flexibility index (Phi) is 3.01. The second kappa shape index (κ2) is 4.12. The van der Waals surface area contributed by atoms with Crippen LogP contribution in [0, 0.1) is 11.3 Å². The first-order valence-electron chi connectivity index (χ1n) is 6.16. The molecule has 0 spiro atoms. The molecule has 2 saturated heterocycles. The standard InChI is InChI=1S/C12H22N2O/c1-3-10-4-7-14(8-10)11(15)12(2)5-6-13-9-12/h10,13H,3-9H2,1-2H3. The average molecular weight is 210 g/mol. The first-order valence-corrected chi connectivity index (χ1v) is 6.16. The van der Waals surface area contributed by atoms with Crippen molar-refractivity contribution in [2.75, 3.05) is 26.2 Å². The van der Waals surface area contributed by atoms with Crippen molar-refractivity contribution >= 4 is 5.91 Å². The molecule has 0 aromatic rings. The smallest absolute Gasteiger partial charge is 0.229 e. The van der Waals surface area contributed by atoms with Crippen LogP contribution in [0.25, 0.3) is 0 Å². The van der Waals surface area contributed by atoms with Gasteiger partial charge in [-0.05, 0) is 32.2 Å². The topological polar surface area (TPSA) is 32.3 Å². The molecular formula is C12H22N2O. The minimum Gasteiger partial charge on any atom is -0.342 e. The third-order valence-electron chi connectivity index (χ3n) is 4.04. The number of carbonyl (C=O) groups is 1. The van der Waals surface area contributed by atoms with Gasteiger partial charge < -0.3 is 10.2 Å². The molecule has 2 aliphatic rings. The highest BCUT2D eigenvalue weighted by Crippen LogP contribution is 2.30. The van der Waals surface area contributed by atoms with E-state index in [1.807, 2.05) is 0 Å². The molecule has 2 rings (SSSR count). The van der Waals surface area contributed by atoms with Crippen molar-refractivity contribution in [3.63, 3.8) is 0 Å². The van der Waals surface area contributed by atoms with Crippen LogP contribution in [0.3, 0.4) is 0 Å². The highest BCUT2D eigenvalue weighted by molar-refractivity contribution is 5.83. The molecule has 0 aromatic heterocycles. The van der Waals surface area contributed by atoms with Gasteiger partial charge in [0.05, 0.1) is 5.41 Å². The average Bonchev–Trinajstić information content (AvgIpc) is 2.85. The SMILES string of the molecule is CCC1CCN(C(=O)C2(C)CCNC2)C1. The first-order chi connectivity index (χ1) is 7.15. The summed E-state index contributed by atoms with van der Waals surface area (Å²) >= 11 is 0. The zero-order valence-corrected chi connectivity index (χ0v) is 9.88. The molecule has 0 aliphatic carbocycles. The predicted octanol–water partition coefficient (Wildman–Crippen LogP) is 1.24. The van der Waals surface area contributed by atoms with Crippen molar-refractivity contribution in [3.8, 4) is 0 Å². The van der Waals surface area contributed by atoms with E-state index in [2.05, 4.69) is 24.1 Å². The van der Waals surface area contributed by atoms with E-state index in [-0.39, 0.29) is 5.41 Å². The Morgan fingerprint density at radius 1 is 1.60 bits per heavy atom. The Morgan fingerprint density at radius 3 is 2.93 bits per heavy atom. The molecule has 0 saturated carbocycles. The lowest BCUT2D eigenvalue weighted by molar-refractivity contribution is -0.139. The van der Waals surface area contributed by atoms with Crippen molar-refractivity contribution < 1.29 is 4.79 Å². The van der Waals surface area contributed by atoms with Gasteiger partial charge in [0.1, 0.15) is 0 Å². The maximum Gasteiger partial charge on any atom is 0.229 e. The first kappa shape index (κ1) is 10.9. The fourth-order valence-corrected chi connectivity index (χ4v) is 2.73. The van der Waals surface area contributed by atoms with Gasteiger partial charge >= 0.3 is 0 Å². The monoisotopic (exact) mass is 210 g/mol. The van der Waals surface area contributed by atoms with Crippen LogP contribution in [0.2, 0.25) is 0 Å². The van der Waals surface area contributed by atoms with E-state index >= 15 is 0 Å². The van der Waals surface area contributed by atoms with Gasteiger partial charge in [-0.25, -0.2) is 0 Å². The van der Waals surface area contributed by atoms with E-state index in [0.29, 0.717) is 5.91 Å². The molecule has 1 N–H and O–H groups in total. The summed E-state index contributed by atoms with van der Waals surface area (Å²) in [6.07, 6.45) is 3.41. The highest BCUT2D eigenvalue weighted by Gasteiger charge is 2.40. The molecule has 0 bridgehead atoms. The second-order valence-corrected chi connectivity index (χ2v) is 5.30. The largest absolute Gasteiger partial charge is 0.342 e. The Balaban J connectivity index is 1.96. The Bertz CT molecular complexity index is 246. The maximum absolute atomic E-state index is 12.3. The zero-order valence-electron chi connectivity index (χ0n) is 9.88. The van der Waals surface area contributed by atoms with Crippen LogP contribution in [0.15, 0.2) is 0 Å². The number of hydrogen-bond acceptors (Lipinski definition) is 2. The van der Waals surface area contributed by atoms with Crippen molar-refractivity contribution in [3.05, 3.63) is 0 Å². The number of carbonyl (C=O) groups excluding carboxylic acids is 1. The molecule has 1 amide bonds. The van der Waals surface area contributed by atoms with Gasteiger partial charge in [-0.3, -0.25) is 4.79 Å². The van der Waals surface area contributed by atoms with Crippen molar-refractivity contribution in [2.24, 2.45) is 11.3 Å². The molecule has 15 heavy (non-hydrogen) atoms. The molecule has 86 valence electrons. The van der Waals surface area contributed by atoms with Gasteiger partial charge in [0.15, 0.2) is 0 Å². The summed E-state index contributed by atoms with van der Waals surface area (Å²) < 4.78 is 0. The van der Waals surface area contributed by atoms with Crippen LogP contribution < -0.4 is 5.32 Å². The lowest BCUT2D eigenvalue weighted by Gasteiger charge is -2.28. The highest BCUT2D eigenvalue weighted by atomic mass is 16.2. The minimum atomic E-state index is -0.122. The third-order valence-corrected chi connectivity index (χ3v) is 4.04. The van der Waals surface area contributed by atoms with Gasteiger partial charge in [0.25, 0.3) is 0 Å². The van der Waals surface area contributed by atoms with Gasteiger partial charge in [-0.1, -0.05) is 13.3 Å². The summed E-state index contributed by atoms with van der Waals surface area (Å²) in [4.78, 5) is 14.4. The van der Waals surface area contributed by atoms with Crippen LogP contribution >= 0.6 is 0 Å². The quantitative estimate of drug-likeness (QED) is 0.744. The molecule has 2 aliphatic heterocycles. The van der Waals surface area contributed by atoms with E-state index in [1.54, 1.807) is 0 Å². The molecule has 2 atom stereocenters. The molecule has 2 heterocycles.